The van der Waals surface area contributed by atoms with E-state index < -0.39 is 28.5 Å². The van der Waals surface area contributed by atoms with Crippen LogP contribution < -0.4 is 5.14 Å². The van der Waals surface area contributed by atoms with Gasteiger partial charge in [0.25, 0.3) is 0 Å². The third-order valence-corrected chi connectivity index (χ3v) is 2.46. The summed E-state index contributed by atoms with van der Waals surface area (Å²) in [6.45, 7) is 0.172. The summed E-state index contributed by atoms with van der Waals surface area (Å²) in [6, 6.07) is 0. The number of alkyl halides is 3. The van der Waals surface area contributed by atoms with Gasteiger partial charge in [0.05, 0.1) is 11.4 Å². The topological polar surface area (TPSA) is 78.0 Å². The van der Waals surface area contributed by atoms with Gasteiger partial charge >= 0.3 is 6.18 Å². The predicted octanol–water partition coefficient (Wildman–Crippen LogP) is 0.542. The van der Waals surface area contributed by atoms with Crippen LogP contribution in [0.4, 0.5) is 13.2 Å². The average molecular weight is 257 g/mol. The summed E-state index contributed by atoms with van der Waals surface area (Å²) in [6.07, 6.45) is -3.36. The van der Waals surface area contributed by atoms with Crippen LogP contribution in [0.2, 0.25) is 0 Å². The molecule has 0 aliphatic rings. The Hall–Kier alpha value is -1.09. The fraction of sp³-hybridized carbons (Fsp3) is 0.571. The fourth-order valence-corrected chi connectivity index (χ4v) is 1.90. The number of hydrogen-bond acceptors (Lipinski definition) is 3. The third kappa shape index (κ3) is 4.19. The molecule has 1 rings (SSSR count). The molecule has 92 valence electrons. The Bertz CT molecular complexity index is 478. The van der Waals surface area contributed by atoms with Crippen LogP contribution in [0.15, 0.2) is 6.20 Å². The highest BCUT2D eigenvalue weighted by Gasteiger charge is 2.28. The van der Waals surface area contributed by atoms with E-state index in [1.54, 1.807) is 0 Å². The number of halogens is 3. The Morgan fingerprint density at radius 3 is 2.50 bits per heavy atom. The number of sulfonamides is 1. The molecule has 2 N–H and O–H groups in total. The number of hydrogen-bond donors (Lipinski definition) is 1. The van der Waals surface area contributed by atoms with Gasteiger partial charge in [-0.05, 0) is 6.92 Å². The maximum absolute atomic E-state index is 12.0. The molecule has 1 aromatic heterocycles. The Morgan fingerprint density at radius 1 is 1.50 bits per heavy atom. The van der Waals surface area contributed by atoms with E-state index in [0.717, 1.165) is 6.20 Å². The summed E-state index contributed by atoms with van der Waals surface area (Å²) in [7, 11) is -3.76. The van der Waals surface area contributed by atoms with E-state index in [-0.39, 0.29) is 11.3 Å². The van der Waals surface area contributed by atoms with Gasteiger partial charge in [-0.15, -0.1) is 0 Å². The SMILES string of the molecule is Cc1nn(CC(F)(F)F)cc1CS(N)(=O)=O. The Morgan fingerprint density at radius 2 is 2.06 bits per heavy atom. The summed E-state index contributed by atoms with van der Waals surface area (Å²) in [4.78, 5) is 0. The predicted molar refractivity (Wildman–Crippen MR) is 49.8 cm³/mol. The van der Waals surface area contributed by atoms with Gasteiger partial charge in [-0.1, -0.05) is 0 Å². The zero-order valence-corrected chi connectivity index (χ0v) is 9.14. The van der Waals surface area contributed by atoms with Crippen molar-refractivity contribution in [1.82, 2.24) is 9.78 Å². The quantitative estimate of drug-likeness (QED) is 0.858. The molecule has 5 nitrogen and oxygen atoms in total. The molecule has 0 fully saturated rings. The number of aryl methyl sites for hydroxylation is 1. The normalized spacial score (nSPS) is 13.1. The minimum Gasteiger partial charge on any atom is -0.263 e. The van der Waals surface area contributed by atoms with Crippen LogP contribution >= 0.6 is 0 Å². The van der Waals surface area contributed by atoms with Crippen molar-refractivity contribution in [3.8, 4) is 0 Å². The summed E-state index contributed by atoms with van der Waals surface area (Å²) in [5.41, 5.74) is 0.394. The Balaban J connectivity index is 2.91. The standard InChI is InChI=1S/C7H10F3N3O2S/c1-5-6(3-16(11,14)15)2-13(12-5)4-7(8,9)10/h2H,3-4H2,1H3,(H2,11,14,15). The van der Waals surface area contributed by atoms with Gasteiger partial charge in [0.15, 0.2) is 0 Å². The van der Waals surface area contributed by atoms with Gasteiger partial charge in [-0.2, -0.15) is 18.3 Å². The van der Waals surface area contributed by atoms with Crippen LogP contribution in [0.5, 0.6) is 0 Å². The molecule has 0 saturated heterocycles. The minimum absolute atomic E-state index is 0.173. The van der Waals surface area contributed by atoms with E-state index in [0.29, 0.717) is 4.68 Å². The van der Waals surface area contributed by atoms with Gasteiger partial charge in [0.2, 0.25) is 10.0 Å². The van der Waals surface area contributed by atoms with Crippen LogP contribution in [0.3, 0.4) is 0 Å². The number of nitrogens with zero attached hydrogens (tertiary/aromatic N) is 2. The monoisotopic (exact) mass is 257 g/mol. The first-order chi connectivity index (χ1) is 7.07. The lowest BCUT2D eigenvalue weighted by molar-refractivity contribution is -0.142. The van der Waals surface area contributed by atoms with Crippen molar-refractivity contribution >= 4 is 10.0 Å². The van der Waals surface area contributed by atoms with Crippen molar-refractivity contribution in [3.05, 3.63) is 17.5 Å². The smallest absolute Gasteiger partial charge is 0.263 e. The zero-order chi connectivity index (χ0) is 12.6. The molecule has 0 radical (unpaired) electrons. The molecule has 0 spiro atoms. The van der Waals surface area contributed by atoms with Crippen LogP contribution in [-0.2, 0) is 22.3 Å². The second-order valence-corrected chi connectivity index (χ2v) is 4.97. The van der Waals surface area contributed by atoms with Crippen molar-refractivity contribution in [3.63, 3.8) is 0 Å². The summed E-state index contributed by atoms with van der Waals surface area (Å²) in [5, 5.41) is 8.34. The van der Waals surface area contributed by atoms with Crippen molar-refractivity contribution in [1.29, 1.82) is 0 Å². The van der Waals surface area contributed by atoms with Crippen LogP contribution in [0, 0.1) is 6.92 Å². The lowest BCUT2D eigenvalue weighted by Crippen LogP contribution is -2.18. The largest absolute Gasteiger partial charge is 0.408 e. The fourth-order valence-electron chi connectivity index (χ4n) is 1.18. The average Bonchev–Trinajstić information content (AvgIpc) is 2.23. The first-order valence-electron chi connectivity index (χ1n) is 4.17. The van der Waals surface area contributed by atoms with E-state index in [2.05, 4.69) is 5.10 Å². The van der Waals surface area contributed by atoms with Gasteiger partial charge in [-0.25, -0.2) is 13.6 Å². The highest BCUT2D eigenvalue weighted by atomic mass is 32.2. The van der Waals surface area contributed by atoms with Crippen molar-refractivity contribution in [2.45, 2.75) is 25.4 Å². The molecule has 0 amide bonds. The second-order valence-electron chi connectivity index (χ2n) is 3.36. The molecule has 0 bridgehead atoms. The summed E-state index contributed by atoms with van der Waals surface area (Å²) < 4.78 is 58.2. The van der Waals surface area contributed by atoms with Crippen molar-refractivity contribution in [2.24, 2.45) is 5.14 Å². The molecule has 0 aliphatic heterocycles. The lowest BCUT2D eigenvalue weighted by Gasteiger charge is -2.04. The van der Waals surface area contributed by atoms with Gasteiger partial charge in [0.1, 0.15) is 6.54 Å². The van der Waals surface area contributed by atoms with Crippen LogP contribution in [0.1, 0.15) is 11.3 Å². The van der Waals surface area contributed by atoms with Crippen molar-refractivity contribution < 1.29 is 21.6 Å². The first-order valence-corrected chi connectivity index (χ1v) is 5.88. The van der Waals surface area contributed by atoms with E-state index in [1.165, 1.54) is 6.92 Å². The second kappa shape index (κ2) is 4.06. The highest BCUT2D eigenvalue weighted by molar-refractivity contribution is 7.88. The first kappa shape index (κ1) is 13.0. The zero-order valence-electron chi connectivity index (χ0n) is 8.32. The minimum atomic E-state index is -4.39. The molecule has 0 atom stereocenters. The van der Waals surface area contributed by atoms with Crippen molar-refractivity contribution in [2.75, 3.05) is 0 Å². The maximum Gasteiger partial charge on any atom is 0.408 e. The van der Waals surface area contributed by atoms with Gasteiger partial charge in [0, 0.05) is 11.8 Å². The van der Waals surface area contributed by atoms with E-state index in [1.807, 2.05) is 0 Å². The molecule has 0 unspecified atom stereocenters. The molecule has 0 saturated carbocycles. The summed E-state index contributed by atoms with van der Waals surface area (Å²) >= 11 is 0. The lowest BCUT2D eigenvalue weighted by atomic mass is 10.3. The molecule has 1 heterocycles. The number of primary sulfonamides is 1. The molecular weight excluding hydrogens is 247 g/mol. The van der Waals surface area contributed by atoms with Gasteiger partial charge < -0.3 is 0 Å². The van der Waals surface area contributed by atoms with Crippen LogP contribution in [0.25, 0.3) is 0 Å². The van der Waals surface area contributed by atoms with E-state index in [4.69, 9.17) is 5.14 Å². The highest BCUT2D eigenvalue weighted by Crippen LogP contribution is 2.18. The molecule has 1 aromatic rings. The van der Waals surface area contributed by atoms with Crippen LogP contribution in [-0.4, -0.2) is 24.4 Å². The molecule has 0 aromatic carbocycles. The van der Waals surface area contributed by atoms with Gasteiger partial charge in [-0.3, -0.25) is 4.68 Å². The molecule has 9 heteroatoms. The Kier molecular flexibility index (Phi) is 3.29. The Labute approximate surface area is 90.1 Å². The number of rotatable bonds is 3. The third-order valence-electron chi connectivity index (χ3n) is 1.75. The number of aromatic nitrogens is 2. The number of nitrogens with two attached hydrogens (primary N) is 1. The maximum atomic E-state index is 12.0. The molecule has 16 heavy (non-hydrogen) atoms. The van der Waals surface area contributed by atoms with E-state index in [9.17, 15) is 21.6 Å². The molecular formula is C7H10F3N3O2S. The molecule has 0 aliphatic carbocycles. The van der Waals surface area contributed by atoms with E-state index >= 15 is 0 Å². The summed E-state index contributed by atoms with van der Waals surface area (Å²) in [5.74, 6) is -0.517.